The van der Waals surface area contributed by atoms with E-state index < -0.39 is 5.41 Å². The maximum Gasteiger partial charge on any atom is 0.228 e. The molecule has 3 atom stereocenters. The zero-order chi connectivity index (χ0) is 15.9. The molecule has 5 heteroatoms. The maximum atomic E-state index is 12.9. The zero-order valence-electron chi connectivity index (χ0n) is 13.8. The number of benzene rings is 1. The van der Waals surface area contributed by atoms with Gasteiger partial charge in [0.05, 0.1) is 0 Å². The summed E-state index contributed by atoms with van der Waals surface area (Å²) in [6.07, 6.45) is 3.00. The molecule has 1 aliphatic carbocycles. The van der Waals surface area contributed by atoms with Crippen molar-refractivity contribution in [1.82, 2.24) is 4.90 Å². The molecule has 2 fully saturated rings. The third-order valence-corrected chi connectivity index (χ3v) is 5.55. The molecule has 3 unspecified atom stereocenters. The molecule has 1 aromatic rings. The fraction of sp³-hybridized carbons (Fsp3) is 0.611. The van der Waals surface area contributed by atoms with Crippen molar-refractivity contribution in [3.63, 3.8) is 0 Å². The number of fused-ring (bicyclic) bond motifs is 1. The first-order chi connectivity index (χ1) is 10.4. The van der Waals surface area contributed by atoms with Gasteiger partial charge in [0.15, 0.2) is 0 Å². The van der Waals surface area contributed by atoms with Crippen LogP contribution in [0.2, 0.25) is 5.02 Å². The number of halogens is 2. The van der Waals surface area contributed by atoms with Crippen molar-refractivity contribution in [2.45, 2.75) is 39.2 Å². The van der Waals surface area contributed by atoms with E-state index in [0.29, 0.717) is 18.3 Å². The average Bonchev–Trinajstić information content (AvgIpc) is 3.00. The monoisotopic (exact) mass is 356 g/mol. The second-order valence-electron chi connectivity index (χ2n) is 7.57. The number of rotatable bonds is 3. The van der Waals surface area contributed by atoms with Crippen LogP contribution in [0.25, 0.3) is 0 Å². The molecular weight excluding hydrogens is 331 g/mol. The fourth-order valence-corrected chi connectivity index (χ4v) is 4.35. The van der Waals surface area contributed by atoms with Crippen LogP contribution in [0.3, 0.4) is 0 Å². The number of likely N-dealkylation sites (tertiary alicyclic amines) is 1. The summed E-state index contributed by atoms with van der Waals surface area (Å²) < 4.78 is 0. The van der Waals surface area contributed by atoms with E-state index >= 15 is 0 Å². The number of carbonyl (C=O) groups is 1. The quantitative estimate of drug-likeness (QED) is 0.900. The van der Waals surface area contributed by atoms with Gasteiger partial charge in [0.25, 0.3) is 0 Å². The van der Waals surface area contributed by atoms with E-state index in [2.05, 4.69) is 0 Å². The normalized spacial score (nSPS) is 26.8. The first-order valence-corrected chi connectivity index (χ1v) is 8.54. The van der Waals surface area contributed by atoms with Crippen molar-refractivity contribution in [1.29, 1.82) is 0 Å². The third-order valence-electron chi connectivity index (χ3n) is 5.31. The lowest BCUT2D eigenvalue weighted by Gasteiger charge is -2.30. The van der Waals surface area contributed by atoms with Gasteiger partial charge in [-0.25, -0.2) is 0 Å². The Morgan fingerprint density at radius 2 is 2.09 bits per heavy atom. The first kappa shape index (κ1) is 18.6. The summed E-state index contributed by atoms with van der Waals surface area (Å²) in [7, 11) is 0. The molecular formula is C18H26Cl2N2O. The highest BCUT2D eigenvalue weighted by molar-refractivity contribution is 6.30. The first-order valence-electron chi connectivity index (χ1n) is 8.16. The minimum Gasteiger partial charge on any atom is -0.342 e. The van der Waals surface area contributed by atoms with Gasteiger partial charge in [0.1, 0.15) is 0 Å². The summed E-state index contributed by atoms with van der Waals surface area (Å²) in [4.78, 5) is 15.0. The molecule has 0 radical (unpaired) electrons. The average molecular weight is 357 g/mol. The smallest absolute Gasteiger partial charge is 0.228 e. The van der Waals surface area contributed by atoms with Crippen LogP contribution in [0.15, 0.2) is 24.3 Å². The Bertz CT molecular complexity index is 576. The van der Waals surface area contributed by atoms with E-state index in [4.69, 9.17) is 17.3 Å². The van der Waals surface area contributed by atoms with Gasteiger partial charge in [-0.3, -0.25) is 4.79 Å². The third kappa shape index (κ3) is 3.84. The van der Waals surface area contributed by atoms with Gasteiger partial charge >= 0.3 is 0 Å². The van der Waals surface area contributed by atoms with E-state index in [9.17, 15) is 4.79 Å². The van der Waals surface area contributed by atoms with E-state index in [0.717, 1.165) is 30.1 Å². The summed E-state index contributed by atoms with van der Waals surface area (Å²) >= 11 is 6.05. The molecule has 1 saturated carbocycles. The Labute approximate surface area is 150 Å². The number of nitrogens with zero attached hydrogens (tertiary/aromatic N) is 1. The second-order valence-corrected chi connectivity index (χ2v) is 8.00. The zero-order valence-corrected chi connectivity index (χ0v) is 15.4. The van der Waals surface area contributed by atoms with Crippen molar-refractivity contribution in [2.75, 3.05) is 13.1 Å². The number of hydrogen-bond acceptors (Lipinski definition) is 2. The summed E-state index contributed by atoms with van der Waals surface area (Å²) in [5.74, 6) is 1.36. The van der Waals surface area contributed by atoms with Crippen LogP contribution in [0.5, 0.6) is 0 Å². The highest BCUT2D eigenvalue weighted by atomic mass is 35.5. The Hall–Kier alpha value is -0.770. The van der Waals surface area contributed by atoms with Crippen LogP contribution < -0.4 is 5.73 Å². The number of carbonyl (C=O) groups excluding carboxylic acids is 1. The molecule has 1 saturated heterocycles. The number of nitrogens with two attached hydrogens (primary N) is 1. The van der Waals surface area contributed by atoms with Gasteiger partial charge < -0.3 is 10.6 Å². The topological polar surface area (TPSA) is 46.3 Å². The molecule has 3 rings (SSSR count). The number of amides is 1. The van der Waals surface area contributed by atoms with Crippen molar-refractivity contribution in [3.8, 4) is 0 Å². The molecule has 1 aliphatic heterocycles. The van der Waals surface area contributed by atoms with Gasteiger partial charge in [-0.1, -0.05) is 37.6 Å². The lowest BCUT2D eigenvalue weighted by Crippen LogP contribution is -2.42. The molecule has 1 aromatic carbocycles. The Morgan fingerprint density at radius 1 is 1.35 bits per heavy atom. The van der Waals surface area contributed by atoms with Crippen LogP contribution in [0.1, 0.15) is 32.3 Å². The SMILES string of the molecule is CC(C)(Cc1cccc(Cl)c1)C(=O)N1CC2CCC(N)C2C1.Cl. The van der Waals surface area contributed by atoms with Crippen molar-refractivity contribution < 1.29 is 4.79 Å². The predicted molar refractivity (Wildman–Crippen MR) is 97.0 cm³/mol. The molecule has 1 amide bonds. The largest absolute Gasteiger partial charge is 0.342 e. The van der Waals surface area contributed by atoms with Gasteiger partial charge in [0, 0.05) is 29.6 Å². The summed E-state index contributed by atoms with van der Waals surface area (Å²) in [6, 6.07) is 8.07. The van der Waals surface area contributed by atoms with Crippen LogP contribution in [-0.4, -0.2) is 29.9 Å². The minimum absolute atomic E-state index is 0. The Kier molecular flexibility index (Phi) is 5.65. The van der Waals surface area contributed by atoms with Gasteiger partial charge in [-0.15, -0.1) is 12.4 Å². The van der Waals surface area contributed by atoms with Crippen LogP contribution >= 0.6 is 24.0 Å². The fourth-order valence-electron chi connectivity index (χ4n) is 4.13. The highest BCUT2D eigenvalue weighted by Gasteiger charge is 2.45. The molecule has 0 spiro atoms. The predicted octanol–water partition coefficient (Wildman–Crippen LogP) is 3.53. The molecule has 0 aromatic heterocycles. The molecule has 23 heavy (non-hydrogen) atoms. The summed E-state index contributed by atoms with van der Waals surface area (Å²) in [6.45, 7) is 5.79. The molecule has 3 nitrogen and oxygen atoms in total. The van der Waals surface area contributed by atoms with E-state index in [1.54, 1.807) is 0 Å². The molecule has 1 heterocycles. The van der Waals surface area contributed by atoms with Gasteiger partial charge in [-0.05, 0) is 48.8 Å². The standard InChI is InChI=1S/C18H25ClN2O.ClH/c1-18(2,9-12-4-3-5-14(19)8-12)17(22)21-10-13-6-7-16(20)15(13)11-21;/h3-5,8,13,15-16H,6-7,9-11,20H2,1-2H3;1H. The Balaban J connectivity index is 0.00000192. The van der Waals surface area contributed by atoms with E-state index in [1.165, 1.54) is 6.42 Å². The molecule has 128 valence electrons. The summed E-state index contributed by atoms with van der Waals surface area (Å²) in [5, 5.41) is 0.724. The second kappa shape index (κ2) is 7.00. The van der Waals surface area contributed by atoms with Crippen molar-refractivity contribution in [3.05, 3.63) is 34.9 Å². The molecule has 2 N–H and O–H groups in total. The van der Waals surface area contributed by atoms with Crippen LogP contribution in [0.4, 0.5) is 0 Å². The summed E-state index contributed by atoms with van der Waals surface area (Å²) in [5.41, 5.74) is 6.88. The lowest BCUT2D eigenvalue weighted by atomic mass is 9.84. The van der Waals surface area contributed by atoms with Crippen LogP contribution in [-0.2, 0) is 11.2 Å². The molecule has 2 aliphatic rings. The van der Waals surface area contributed by atoms with Gasteiger partial charge in [-0.2, -0.15) is 0 Å². The lowest BCUT2D eigenvalue weighted by molar-refractivity contribution is -0.139. The Morgan fingerprint density at radius 3 is 2.74 bits per heavy atom. The van der Waals surface area contributed by atoms with Crippen molar-refractivity contribution >= 4 is 29.9 Å². The van der Waals surface area contributed by atoms with Crippen LogP contribution in [0, 0.1) is 17.3 Å². The molecule has 0 bridgehead atoms. The minimum atomic E-state index is -0.409. The number of hydrogen-bond donors (Lipinski definition) is 1. The van der Waals surface area contributed by atoms with Gasteiger partial charge in [0.2, 0.25) is 5.91 Å². The van der Waals surface area contributed by atoms with E-state index in [-0.39, 0.29) is 24.4 Å². The highest BCUT2D eigenvalue weighted by Crippen LogP contribution is 2.39. The maximum absolute atomic E-state index is 12.9. The van der Waals surface area contributed by atoms with Crippen molar-refractivity contribution in [2.24, 2.45) is 23.0 Å². The van der Waals surface area contributed by atoms with E-state index in [1.807, 2.05) is 43.0 Å².